The van der Waals surface area contributed by atoms with Crippen molar-refractivity contribution in [3.63, 3.8) is 0 Å². The Kier molecular flexibility index (Phi) is 5.33. The molecule has 0 aliphatic carbocycles. The Labute approximate surface area is 90.4 Å². The first kappa shape index (κ1) is 11.6. The molecule has 0 saturated heterocycles. The minimum atomic E-state index is 0.844. The number of unbranched alkanes of at least 4 members (excludes halogenated alkanes) is 1. The summed E-state index contributed by atoms with van der Waals surface area (Å²) in [6, 6.07) is 7.91. The van der Waals surface area contributed by atoms with Gasteiger partial charge in [0.25, 0.3) is 0 Å². The summed E-state index contributed by atoms with van der Waals surface area (Å²) in [4.78, 5) is 7.97. The van der Waals surface area contributed by atoms with Crippen molar-refractivity contribution in [3.8, 4) is 0 Å². The van der Waals surface area contributed by atoms with Crippen LogP contribution in [0.1, 0.15) is 19.8 Å². The number of nitrogens with two attached hydrogens (primary N) is 1. The van der Waals surface area contributed by atoms with E-state index in [1.165, 1.54) is 12.8 Å². The van der Waals surface area contributed by atoms with Crippen molar-refractivity contribution < 1.29 is 0 Å². The van der Waals surface area contributed by atoms with E-state index in [9.17, 15) is 0 Å². The predicted octanol–water partition coefficient (Wildman–Crippen LogP) is 2.38. The zero-order chi connectivity index (χ0) is 10.9. The second-order valence-corrected chi connectivity index (χ2v) is 3.22. The molecular formula is C12H17N3. The van der Waals surface area contributed by atoms with Gasteiger partial charge in [-0.3, -0.25) is 0 Å². The number of aromatic nitrogens is 2. The van der Waals surface area contributed by atoms with Gasteiger partial charge in [-0.1, -0.05) is 31.5 Å². The highest BCUT2D eigenvalue weighted by Crippen LogP contribution is 2.06. The van der Waals surface area contributed by atoms with Gasteiger partial charge >= 0.3 is 0 Å². The van der Waals surface area contributed by atoms with Crippen molar-refractivity contribution in [2.45, 2.75) is 19.8 Å². The summed E-state index contributed by atoms with van der Waals surface area (Å²) in [5.41, 5.74) is 6.14. The normalized spacial score (nSPS) is 9.47. The molecule has 1 aromatic carbocycles. The van der Waals surface area contributed by atoms with E-state index in [0.717, 1.165) is 17.4 Å². The van der Waals surface area contributed by atoms with E-state index in [-0.39, 0.29) is 0 Å². The Bertz CT molecular complexity index is 320. The van der Waals surface area contributed by atoms with Crippen LogP contribution in [0.3, 0.4) is 0 Å². The fourth-order valence-corrected chi connectivity index (χ4v) is 1.13. The van der Waals surface area contributed by atoms with Gasteiger partial charge in [0.1, 0.15) is 6.33 Å². The first-order valence-electron chi connectivity index (χ1n) is 5.23. The molecule has 2 aromatic rings. The first-order chi connectivity index (χ1) is 7.38. The Morgan fingerprint density at radius 2 is 2.07 bits per heavy atom. The molecule has 3 nitrogen and oxygen atoms in total. The van der Waals surface area contributed by atoms with Gasteiger partial charge in [-0.25, -0.2) is 9.97 Å². The van der Waals surface area contributed by atoms with Crippen LogP contribution in [0.2, 0.25) is 0 Å². The minimum Gasteiger partial charge on any atom is -0.330 e. The van der Waals surface area contributed by atoms with Crippen LogP contribution in [0.5, 0.6) is 0 Å². The topological polar surface area (TPSA) is 51.8 Å². The van der Waals surface area contributed by atoms with E-state index in [4.69, 9.17) is 5.73 Å². The van der Waals surface area contributed by atoms with E-state index in [0.29, 0.717) is 0 Å². The summed E-state index contributed by atoms with van der Waals surface area (Å²) in [5.74, 6) is 0. The van der Waals surface area contributed by atoms with Crippen molar-refractivity contribution >= 4 is 10.9 Å². The van der Waals surface area contributed by atoms with E-state index in [1.54, 1.807) is 6.33 Å². The van der Waals surface area contributed by atoms with Gasteiger partial charge in [-0.05, 0) is 19.0 Å². The third-order valence-electron chi connectivity index (χ3n) is 1.97. The molecular weight excluding hydrogens is 186 g/mol. The van der Waals surface area contributed by atoms with Crippen LogP contribution in [0.15, 0.2) is 36.8 Å². The summed E-state index contributed by atoms with van der Waals surface area (Å²) in [7, 11) is 0. The Balaban J connectivity index is 0.000000195. The molecule has 0 amide bonds. The zero-order valence-corrected chi connectivity index (χ0v) is 9.06. The standard InChI is InChI=1S/C8H6N2.C4H11N/c1-2-4-8-7(3-1)5-9-6-10-8;1-2-3-4-5/h1-6H;2-5H2,1H3. The van der Waals surface area contributed by atoms with E-state index < -0.39 is 0 Å². The molecule has 2 N–H and O–H groups in total. The maximum Gasteiger partial charge on any atom is 0.116 e. The quantitative estimate of drug-likeness (QED) is 0.815. The summed E-state index contributed by atoms with van der Waals surface area (Å²) in [6.07, 6.45) is 5.75. The summed E-state index contributed by atoms with van der Waals surface area (Å²) in [5, 5.41) is 1.09. The van der Waals surface area contributed by atoms with E-state index in [2.05, 4.69) is 16.9 Å². The van der Waals surface area contributed by atoms with Crippen LogP contribution in [0.4, 0.5) is 0 Å². The molecule has 3 heteroatoms. The maximum atomic E-state index is 5.14. The fraction of sp³-hybridized carbons (Fsp3) is 0.333. The zero-order valence-electron chi connectivity index (χ0n) is 9.06. The van der Waals surface area contributed by atoms with E-state index in [1.807, 2.05) is 30.5 Å². The number of fused-ring (bicyclic) bond motifs is 1. The third-order valence-corrected chi connectivity index (χ3v) is 1.97. The molecule has 15 heavy (non-hydrogen) atoms. The van der Waals surface area contributed by atoms with Crippen molar-refractivity contribution in [1.29, 1.82) is 0 Å². The van der Waals surface area contributed by atoms with Gasteiger partial charge < -0.3 is 5.73 Å². The molecule has 0 spiro atoms. The molecule has 0 radical (unpaired) electrons. The van der Waals surface area contributed by atoms with Crippen LogP contribution in [0.25, 0.3) is 10.9 Å². The van der Waals surface area contributed by atoms with Gasteiger partial charge in [0.2, 0.25) is 0 Å². The van der Waals surface area contributed by atoms with Crippen molar-refractivity contribution in [1.82, 2.24) is 9.97 Å². The van der Waals surface area contributed by atoms with Crippen LogP contribution < -0.4 is 5.73 Å². The number of hydrogen-bond acceptors (Lipinski definition) is 3. The highest BCUT2D eigenvalue weighted by Gasteiger charge is 1.87. The molecule has 0 unspecified atom stereocenters. The summed E-state index contributed by atoms with van der Waals surface area (Å²) < 4.78 is 0. The van der Waals surface area contributed by atoms with Gasteiger partial charge in [0.05, 0.1) is 5.52 Å². The molecule has 0 atom stereocenters. The number of hydrogen-bond donors (Lipinski definition) is 1. The average molecular weight is 203 g/mol. The minimum absolute atomic E-state index is 0.844. The molecule has 2 rings (SSSR count). The van der Waals surface area contributed by atoms with Crippen molar-refractivity contribution in [3.05, 3.63) is 36.8 Å². The smallest absolute Gasteiger partial charge is 0.116 e. The summed E-state index contributed by atoms with van der Waals surface area (Å²) in [6.45, 7) is 2.98. The fourth-order valence-electron chi connectivity index (χ4n) is 1.13. The second-order valence-electron chi connectivity index (χ2n) is 3.22. The lowest BCUT2D eigenvalue weighted by Gasteiger charge is -1.90. The second kappa shape index (κ2) is 6.90. The SMILES string of the molecule is CCCCN.c1ccc2ncncc2c1. The molecule has 0 fully saturated rings. The Morgan fingerprint density at radius 1 is 1.27 bits per heavy atom. The predicted molar refractivity (Wildman–Crippen MR) is 63.5 cm³/mol. The van der Waals surface area contributed by atoms with Gasteiger partial charge in [-0.15, -0.1) is 0 Å². The number of para-hydroxylation sites is 1. The maximum absolute atomic E-state index is 5.14. The lowest BCUT2D eigenvalue weighted by molar-refractivity contribution is 0.807. The van der Waals surface area contributed by atoms with Crippen molar-refractivity contribution in [2.75, 3.05) is 6.54 Å². The van der Waals surface area contributed by atoms with Crippen molar-refractivity contribution in [2.24, 2.45) is 5.73 Å². The monoisotopic (exact) mass is 203 g/mol. The van der Waals surface area contributed by atoms with Gasteiger partial charge in [-0.2, -0.15) is 0 Å². The molecule has 80 valence electrons. The number of benzene rings is 1. The lowest BCUT2D eigenvalue weighted by Crippen LogP contribution is -1.95. The van der Waals surface area contributed by atoms with E-state index >= 15 is 0 Å². The first-order valence-corrected chi connectivity index (χ1v) is 5.23. The molecule has 0 aliphatic rings. The molecule has 0 aliphatic heterocycles. The average Bonchev–Trinajstić information content (AvgIpc) is 2.31. The highest BCUT2D eigenvalue weighted by atomic mass is 14.8. The van der Waals surface area contributed by atoms with Crippen LogP contribution in [-0.2, 0) is 0 Å². The van der Waals surface area contributed by atoms with Crippen LogP contribution >= 0.6 is 0 Å². The molecule has 1 aromatic heterocycles. The highest BCUT2D eigenvalue weighted by molar-refractivity contribution is 5.76. The molecule has 1 heterocycles. The number of nitrogens with zero attached hydrogens (tertiary/aromatic N) is 2. The van der Waals surface area contributed by atoms with Crippen LogP contribution in [0, 0.1) is 0 Å². The summed E-state index contributed by atoms with van der Waals surface area (Å²) >= 11 is 0. The van der Waals surface area contributed by atoms with Gasteiger partial charge in [0.15, 0.2) is 0 Å². The third kappa shape index (κ3) is 4.04. The Hall–Kier alpha value is -1.48. The lowest BCUT2D eigenvalue weighted by atomic mass is 10.2. The Morgan fingerprint density at radius 3 is 2.67 bits per heavy atom. The van der Waals surface area contributed by atoms with Crippen LogP contribution in [-0.4, -0.2) is 16.5 Å². The largest absolute Gasteiger partial charge is 0.330 e. The number of rotatable bonds is 2. The molecule has 0 saturated carbocycles. The van der Waals surface area contributed by atoms with Gasteiger partial charge in [0, 0.05) is 11.6 Å². The molecule has 0 bridgehead atoms.